The molecule has 9 heteroatoms. The van der Waals surface area contributed by atoms with Crippen LogP contribution in [0.1, 0.15) is 0 Å². The summed E-state index contributed by atoms with van der Waals surface area (Å²) in [5.74, 6) is 0. The number of benzene rings is 19. The van der Waals surface area contributed by atoms with Crippen molar-refractivity contribution in [3.8, 4) is 22.3 Å². The summed E-state index contributed by atoms with van der Waals surface area (Å²) in [5.41, 5.74) is 21.6. The summed E-state index contributed by atoms with van der Waals surface area (Å²) in [4.78, 5) is 9.34. The normalized spacial score (nSPS) is 12.0. The van der Waals surface area contributed by atoms with Crippen LogP contribution in [0.15, 0.2) is 415 Å². The van der Waals surface area contributed by atoms with Gasteiger partial charge in [-0.2, -0.15) is 0 Å². The van der Waals surface area contributed by atoms with Gasteiger partial charge in [-0.1, -0.05) is 299 Å². The number of para-hydroxylation sites is 4. The van der Waals surface area contributed by atoms with Crippen LogP contribution in [0.25, 0.3) is 120 Å². The van der Waals surface area contributed by atoms with E-state index >= 15 is 0 Å². The summed E-state index contributed by atoms with van der Waals surface area (Å²) in [6, 6.07) is 148. The highest BCUT2D eigenvalue weighted by molar-refractivity contribution is 6.89. The molecule has 0 N–H and O–H groups in total. The van der Waals surface area contributed by atoms with E-state index in [0.717, 1.165) is 123 Å². The standard InChI is InChI=1S/C57H44N2OSi.C56H50N2OSi2/c1-61(2,3)49-32-29-46(30-33-49)58(43-16-6-4-7-17-43)45-26-22-40(23-27-45)42-25-34-52-54(37-42)50-20-12-13-21-51(50)56-53-35-31-48(38-55(53)60-57(52)56)59(44-18-8-5-9-19-44)47-28-24-39-14-10-11-15-41(39)36-47;1-60(2,3)47-31-26-44(27-32-47)57(41-15-9-7-10-16-41)43-24-21-39(22-25-43)40-23-35-51-53(37-40)49-19-13-14-20-50(49)55-52-36-30-46(38-54(52)59-56(51)55)58(42-17-11-8-12-18-42)45-28-33-48(34-29-45)61(4,5)6/h4-38H,1-3H3;7-38H,1-6H3. The summed E-state index contributed by atoms with van der Waals surface area (Å²) in [5, 5.41) is 20.8. The van der Waals surface area contributed by atoms with E-state index in [4.69, 9.17) is 8.83 Å². The van der Waals surface area contributed by atoms with Gasteiger partial charge in [-0.25, -0.2) is 0 Å². The van der Waals surface area contributed by atoms with Crippen molar-refractivity contribution in [3.05, 3.63) is 406 Å². The van der Waals surface area contributed by atoms with Gasteiger partial charge in [-0.05, 0) is 235 Å². The van der Waals surface area contributed by atoms with E-state index < -0.39 is 24.2 Å². The van der Waals surface area contributed by atoms with Crippen molar-refractivity contribution >= 4 is 206 Å². The molecule has 2 heterocycles. The monoisotopic (exact) mass is 1620 g/mol. The van der Waals surface area contributed by atoms with E-state index in [1.807, 2.05) is 0 Å². The Kier molecular flexibility index (Phi) is 19.6. The molecule has 0 amide bonds. The molecule has 0 radical (unpaired) electrons. The van der Waals surface area contributed by atoms with Crippen LogP contribution in [0, 0.1) is 0 Å². The van der Waals surface area contributed by atoms with E-state index in [1.165, 1.54) is 80.9 Å². The van der Waals surface area contributed by atoms with Crippen molar-refractivity contribution < 1.29 is 8.83 Å². The average Bonchev–Trinajstić information content (AvgIpc) is 1.56. The zero-order valence-corrected chi connectivity index (χ0v) is 73.3. The minimum absolute atomic E-state index is 0.865. The maximum absolute atomic E-state index is 6.97. The lowest BCUT2D eigenvalue weighted by atomic mass is 9.94. The van der Waals surface area contributed by atoms with Gasteiger partial charge in [0, 0.05) is 113 Å². The molecule has 0 atom stereocenters. The third-order valence-corrected chi connectivity index (χ3v) is 30.5. The number of furan rings is 2. The third kappa shape index (κ3) is 14.5. The molecule has 0 saturated carbocycles. The summed E-state index contributed by atoms with van der Waals surface area (Å²) in [7, 11) is -4.28. The van der Waals surface area contributed by atoms with Crippen molar-refractivity contribution in [2.75, 3.05) is 19.6 Å². The molecule has 590 valence electrons. The number of nitrogens with zero attached hydrogens (tertiary/aromatic N) is 4. The van der Waals surface area contributed by atoms with Gasteiger partial charge in [0.05, 0.1) is 24.2 Å². The molecule has 19 aromatic carbocycles. The highest BCUT2D eigenvalue weighted by atomic mass is 28.3. The fraction of sp³-hybridized carbons (Fsp3) is 0.0796. The lowest BCUT2D eigenvalue weighted by molar-refractivity contribution is 0.672. The van der Waals surface area contributed by atoms with Crippen LogP contribution in [-0.2, 0) is 0 Å². The van der Waals surface area contributed by atoms with Crippen molar-refractivity contribution in [2.24, 2.45) is 0 Å². The molecule has 122 heavy (non-hydrogen) atoms. The van der Waals surface area contributed by atoms with Crippen LogP contribution in [-0.4, -0.2) is 24.2 Å². The zero-order chi connectivity index (χ0) is 83.0. The van der Waals surface area contributed by atoms with Crippen LogP contribution in [0.4, 0.5) is 68.2 Å². The van der Waals surface area contributed by atoms with Gasteiger partial charge in [-0.3, -0.25) is 0 Å². The Labute approximate surface area is 716 Å². The molecule has 0 unspecified atom stereocenters. The third-order valence-electron chi connectivity index (χ3n) is 24.3. The van der Waals surface area contributed by atoms with Crippen LogP contribution in [0.5, 0.6) is 0 Å². The smallest absolute Gasteiger partial charge is 0.143 e. The SMILES string of the molecule is C[Si](C)(C)c1ccc(N(c2ccccc2)c2ccc(-c3ccc4c(c3)c3ccccc3c3c5ccc(N(c6ccccc6)c6ccc([Si](C)(C)C)cc6)cc5oc43)cc2)cc1.C[Si](C)(C)c1ccc(N(c2ccccc2)c2ccc(-c3ccc4c(c3)c3ccccc3c3c5ccc(N(c6ccccc6)c6ccc7ccccc7c6)cc5oc43)cc2)cc1. The average molecular weight is 1620 g/mol. The quantitative estimate of drug-likeness (QED) is 0.0668. The fourth-order valence-electron chi connectivity index (χ4n) is 17.9. The van der Waals surface area contributed by atoms with Crippen molar-refractivity contribution in [2.45, 2.75) is 58.9 Å². The minimum atomic E-state index is -1.44. The largest absolute Gasteiger partial charge is 0.455 e. The van der Waals surface area contributed by atoms with Gasteiger partial charge in [-0.15, -0.1) is 0 Å². The van der Waals surface area contributed by atoms with E-state index in [1.54, 1.807) is 0 Å². The van der Waals surface area contributed by atoms with Gasteiger partial charge in [0.15, 0.2) is 0 Å². The molecule has 0 bridgehead atoms. The Balaban J connectivity index is 0.000000155. The predicted octanol–water partition coefficient (Wildman–Crippen LogP) is 31.8. The van der Waals surface area contributed by atoms with Crippen molar-refractivity contribution in [1.29, 1.82) is 0 Å². The van der Waals surface area contributed by atoms with E-state index in [2.05, 4.69) is 485 Å². The highest BCUT2D eigenvalue weighted by Crippen LogP contribution is 2.49. The number of hydrogen-bond donors (Lipinski definition) is 0. The molecule has 2 aromatic heterocycles. The summed E-state index contributed by atoms with van der Waals surface area (Å²) < 4.78 is 13.9. The second kappa shape index (κ2) is 31.3. The molecule has 0 fully saturated rings. The predicted molar refractivity (Wildman–Crippen MR) is 534 cm³/mol. The lowest BCUT2D eigenvalue weighted by Crippen LogP contribution is -2.37. The molecule has 21 aromatic rings. The molecular weight excluding hydrogens is 1530 g/mol. The van der Waals surface area contributed by atoms with E-state index in [-0.39, 0.29) is 0 Å². The Morgan fingerprint density at radius 1 is 0.172 bits per heavy atom. The Morgan fingerprint density at radius 2 is 0.426 bits per heavy atom. The number of fused-ring (bicyclic) bond motifs is 17. The van der Waals surface area contributed by atoms with Gasteiger partial charge in [0.1, 0.15) is 22.3 Å². The lowest BCUT2D eigenvalue weighted by Gasteiger charge is -2.26. The zero-order valence-electron chi connectivity index (χ0n) is 70.3. The summed E-state index contributed by atoms with van der Waals surface area (Å²) in [6.45, 7) is 21.6. The van der Waals surface area contributed by atoms with E-state index in [0.29, 0.717) is 0 Å². The molecule has 0 aliphatic carbocycles. The second-order valence-corrected chi connectivity index (χ2v) is 50.5. The summed E-state index contributed by atoms with van der Waals surface area (Å²) >= 11 is 0. The second-order valence-electron chi connectivity index (χ2n) is 35.3. The Bertz CT molecular complexity index is 7470. The number of rotatable bonds is 17. The van der Waals surface area contributed by atoms with Gasteiger partial charge >= 0.3 is 0 Å². The van der Waals surface area contributed by atoms with Gasteiger partial charge in [0.2, 0.25) is 0 Å². The first-order valence-corrected chi connectivity index (χ1v) is 52.9. The highest BCUT2D eigenvalue weighted by Gasteiger charge is 2.26. The van der Waals surface area contributed by atoms with E-state index in [9.17, 15) is 0 Å². The molecule has 21 rings (SSSR count). The molecule has 0 spiro atoms. The summed E-state index contributed by atoms with van der Waals surface area (Å²) in [6.07, 6.45) is 0. The van der Waals surface area contributed by atoms with Gasteiger partial charge in [0.25, 0.3) is 0 Å². The maximum atomic E-state index is 6.97. The molecule has 0 aliphatic heterocycles. The first-order chi connectivity index (χ1) is 59.4. The first kappa shape index (κ1) is 76.6. The van der Waals surface area contributed by atoms with Crippen molar-refractivity contribution in [3.63, 3.8) is 0 Å². The van der Waals surface area contributed by atoms with Gasteiger partial charge < -0.3 is 28.4 Å². The number of hydrogen-bond acceptors (Lipinski definition) is 6. The topological polar surface area (TPSA) is 39.2 Å². The molecule has 0 aliphatic rings. The van der Waals surface area contributed by atoms with Crippen LogP contribution >= 0.6 is 0 Å². The molecule has 6 nitrogen and oxygen atoms in total. The Morgan fingerprint density at radius 3 is 0.779 bits per heavy atom. The molecular formula is C113H94N4O2Si3. The van der Waals surface area contributed by atoms with Crippen LogP contribution in [0.3, 0.4) is 0 Å². The Hall–Kier alpha value is -14.1. The van der Waals surface area contributed by atoms with Crippen molar-refractivity contribution in [1.82, 2.24) is 0 Å². The first-order valence-electron chi connectivity index (χ1n) is 42.4. The number of anilines is 12. The molecule has 0 saturated heterocycles. The maximum Gasteiger partial charge on any atom is 0.143 e. The minimum Gasteiger partial charge on any atom is -0.455 e. The van der Waals surface area contributed by atoms with Crippen LogP contribution in [0.2, 0.25) is 58.9 Å². The van der Waals surface area contributed by atoms with Crippen LogP contribution < -0.4 is 35.2 Å². The fourth-order valence-corrected chi connectivity index (χ4v) is 21.4.